The minimum atomic E-state index is -0.0819. The lowest BCUT2D eigenvalue weighted by Gasteiger charge is -2.29. The lowest BCUT2D eigenvalue weighted by atomic mass is 9.79. The Bertz CT molecular complexity index is 1610. The van der Waals surface area contributed by atoms with E-state index >= 15 is 0 Å². The molecule has 0 bridgehead atoms. The van der Waals surface area contributed by atoms with E-state index in [0.717, 1.165) is 42.6 Å². The minimum Gasteiger partial charge on any atom is -0.344 e. The van der Waals surface area contributed by atoms with Crippen molar-refractivity contribution in [1.82, 2.24) is 4.58 Å². The summed E-state index contributed by atoms with van der Waals surface area (Å²) < 4.78 is 2.53. The van der Waals surface area contributed by atoms with Crippen LogP contribution in [0.5, 0.6) is 0 Å². The Balaban J connectivity index is 1.48. The van der Waals surface area contributed by atoms with Crippen LogP contribution in [0.3, 0.4) is 0 Å². The van der Waals surface area contributed by atoms with Crippen molar-refractivity contribution in [2.75, 3.05) is 18.0 Å². The van der Waals surface area contributed by atoms with Crippen molar-refractivity contribution in [1.29, 1.82) is 0 Å². The summed E-state index contributed by atoms with van der Waals surface area (Å²) in [6.07, 6.45) is 17.2. The number of benzene rings is 2. The first-order valence-corrected chi connectivity index (χ1v) is 16.9. The topological polar surface area (TPSA) is 6.25 Å². The van der Waals surface area contributed by atoms with Crippen molar-refractivity contribution in [2.45, 2.75) is 104 Å². The zero-order valence-electron chi connectivity index (χ0n) is 27.6. The second kappa shape index (κ2) is 12.6. The molecule has 0 radical (unpaired) electrons. The smallest absolute Gasteiger partial charge is 0.126 e. The molecule has 2 aromatic carbocycles. The molecule has 0 spiro atoms. The van der Waals surface area contributed by atoms with E-state index in [0.29, 0.717) is 0 Å². The molecular weight excluding hydrogens is 544 g/mol. The van der Waals surface area contributed by atoms with E-state index in [2.05, 4.69) is 125 Å². The van der Waals surface area contributed by atoms with Crippen LogP contribution in [-0.2, 0) is 10.8 Å². The number of fused-ring (bicyclic) bond motifs is 2. The molecule has 0 saturated carbocycles. The van der Waals surface area contributed by atoms with E-state index in [1.807, 2.05) is 0 Å². The Labute approximate surface area is 265 Å². The summed E-state index contributed by atoms with van der Waals surface area (Å²) in [4.78, 5) is 2.55. The van der Waals surface area contributed by atoms with Crippen LogP contribution in [0.2, 0.25) is 0 Å². The summed E-state index contributed by atoms with van der Waals surface area (Å²) >= 11 is 7.21. The minimum absolute atomic E-state index is 0.0464. The van der Waals surface area contributed by atoms with Crippen LogP contribution in [0.15, 0.2) is 82.6 Å². The van der Waals surface area contributed by atoms with Gasteiger partial charge in [-0.15, -0.1) is 12.2 Å². The number of halogens is 1. The average Bonchev–Trinajstić information content (AvgIpc) is 3.31. The molecule has 3 heteroatoms. The third kappa shape index (κ3) is 5.93. The lowest BCUT2D eigenvalue weighted by Crippen LogP contribution is -2.32. The molecule has 43 heavy (non-hydrogen) atoms. The molecule has 0 amide bonds. The highest BCUT2D eigenvalue weighted by Crippen LogP contribution is 2.48. The maximum atomic E-state index is 7.21. The van der Waals surface area contributed by atoms with Crippen LogP contribution in [-0.4, -0.2) is 13.1 Å². The standard InChI is InChI=1S/C40H51ClN2/c1-9-11-24-42-34-20-16-28(3)26-32(34)39(5,6)36(42)22-18-30-14-13-15-31(38(30)41)19-23-37-40(7,8)33-27-29(4)17-21-35(33)43(37)25-12-10-2/h16-23,26-27H,3,9-15,24-25H2,1-2,4-8H3. The molecular formula is C40H51ClN2. The highest BCUT2D eigenvalue weighted by Gasteiger charge is 2.40. The van der Waals surface area contributed by atoms with Gasteiger partial charge in [0.1, 0.15) is 11.9 Å². The molecule has 0 fully saturated rings. The van der Waals surface area contributed by atoms with Gasteiger partial charge in [-0.3, -0.25) is 0 Å². The Hall–Kier alpha value is -2.97. The Morgan fingerprint density at radius 3 is 2.49 bits per heavy atom. The number of aryl methyl sites for hydroxylation is 1. The molecule has 0 saturated heterocycles. The van der Waals surface area contributed by atoms with Crippen molar-refractivity contribution >= 4 is 23.9 Å². The second-order valence-corrected chi connectivity index (χ2v) is 14.2. The quantitative estimate of drug-likeness (QED) is 0.207. The number of allylic oxidation sites excluding steroid dienone is 7. The predicted octanol–water partition coefficient (Wildman–Crippen LogP) is 9.16. The molecule has 3 aliphatic rings. The Morgan fingerprint density at radius 1 is 0.977 bits per heavy atom. The fourth-order valence-electron chi connectivity index (χ4n) is 7.19. The molecule has 2 aromatic rings. The van der Waals surface area contributed by atoms with Crippen LogP contribution in [0.25, 0.3) is 6.58 Å². The zero-order valence-corrected chi connectivity index (χ0v) is 28.4. The SMILES string of the molecule is C=c1ccc2c(c1)C(C)(C)[C-](C=CC1=C(Cl)C(=CC=C3N(CCCC)c4ccc(C)cc4C3(C)C)CCC1)[N+]=2CCCC. The molecule has 0 unspecified atom stereocenters. The Morgan fingerprint density at radius 2 is 1.74 bits per heavy atom. The van der Waals surface area contributed by atoms with E-state index in [4.69, 9.17) is 11.6 Å². The molecule has 2 aliphatic heterocycles. The van der Waals surface area contributed by atoms with Gasteiger partial charge in [0.15, 0.2) is 0 Å². The van der Waals surface area contributed by atoms with E-state index in [9.17, 15) is 0 Å². The average molecular weight is 595 g/mol. The maximum absolute atomic E-state index is 7.21. The summed E-state index contributed by atoms with van der Waals surface area (Å²) in [5, 5.41) is 3.33. The van der Waals surface area contributed by atoms with Gasteiger partial charge < -0.3 is 9.48 Å². The summed E-state index contributed by atoms with van der Waals surface area (Å²) in [6.45, 7) is 22.5. The second-order valence-electron chi connectivity index (χ2n) is 13.8. The summed E-state index contributed by atoms with van der Waals surface area (Å²) in [6, 6.07) is 15.0. The summed E-state index contributed by atoms with van der Waals surface area (Å²) in [7, 11) is 0. The van der Waals surface area contributed by atoms with E-state index in [-0.39, 0.29) is 10.8 Å². The monoisotopic (exact) mass is 594 g/mol. The van der Waals surface area contributed by atoms with Gasteiger partial charge in [0.05, 0.1) is 6.04 Å². The predicted molar refractivity (Wildman–Crippen MR) is 187 cm³/mol. The van der Waals surface area contributed by atoms with Crippen LogP contribution in [0.1, 0.15) is 103 Å². The lowest BCUT2D eigenvalue weighted by molar-refractivity contribution is 0.484. The number of nitrogens with zero attached hydrogens (tertiary/aromatic N) is 2. The first-order valence-electron chi connectivity index (χ1n) is 16.5. The van der Waals surface area contributed by atoms with Crippen LogP contribution in [0.4, 0.5) is 5.69 Å². The highest BCUT2D eigenvalue weighted by molar-refractivity contribution is 6.32. The van der Waals surface area contributed by atoms with E-state index in [1.165, 1.54) is 76.3 Å². The van der Waals surface area contributed by atoms with Crippen LogP contribution in [0, 0.1) is 13.0 Å². The van der Waals surface area contributed by atoms with Crippen LogP contribution < -0.4 is 20.1 Å². The normalized spacial score (nSPS) is 21.1. The third-order valence-corrected chi connectivity index (χ3v) is 10.3. The first-order chi connectivity index (χ1) is 20.5. The molecule has 0 atom stereocenters. The van der Waals surface area contributed by atoms with Crippen molar-refractivity contribution in [3.63, 3.8) is 0 Å². The molecule has 0 aromatic heterocycles. The number of unbranched alkanes of at least 4 members (excludes halogenated alkanes) is 2. The number of hydrogen-bond donors (Lipinski definition) is 0. The van der Waals surface area contributed by atoms with Gasteiger partial charge >= 0.3 is 0 Å². The van der Waals surface area contributed by atoms with Crippen molar-refractivity contribution in [2.24, 2.45) is 0 Å². The number of rotatable bonds is 9. The molecule has 0 N–H and O–H groups in total. The fraction of sp³-hybridized carbons (Fsp3) is 0.450. The molecule has 2 nitrogen and oxygen atoms in total. The third-order valence-electron chi connectivity index (χ3n) is 9.81. The molecule has 2 heterocycles. The van der Waals surface area contributed by atoms with Crippen LogP contribution >= 0.6 is 11.6 Å². The largest absolute Gasteiger partial charge is 0.344 e. The van der Waals surface area contributed by atoms with Gasteiger partial charge in [0.2, 0.25) is 0 Å². The van der Waals surface area contributed by atoms with Gasteiger partial charge in [-0.05, 0) is 72.7 Å². The first kappa shape index (κ1) is 31.5. The van der Waals surface area contributed by atoms with Crippen molar-refractivity contribution < 1.29 is 0 Å². The Kier molecular flexibility index (Phi) is 9.19. The number of hydrogen-bond acceptors (Lipinski definition) is 1. The molecule has 5 rings (SSSR count). The maximum Gasteiger partial charge on any atom is 0.126 e. The summed E-state index contributed by atoms with van der Waals surface area (Å²) in [5.41, 5.74) is 9.23. The van der Waals surface area contributed by atoms with E-state index < -0.39 is 0 Å². The fourth-order valence-corrected chi connectivity index (χ4v) is 7.51. The van der Waals surface area contributed by atoms with Crippen molar-refractivity contribution in [3.05, 3.63) is 116 Å². The van der Waals surface area contributed by atoms with E-state index in [1.54, 1.807) is 0 Å². The molecule has 1 aliphatic carbocycles. The molecule has 228 valence electrons. The van der Waals surface area contributed by atoms with Gasteiger partial charge in [0.25, 0.3) is 0 Å². The summed E-state index contributed by atoms with van der Waals surface area (Å²) in [5.74, 6) is 0. The highest BCUT2D eigenvalue weighted by atomic mass is 35.5. The number of anilines is 1. The van der Waals surface area contributed by atoms with Gasteiger partial charge in [-0.2, -0.15) is 0 Å². The van der Waals surface area contributed by atoms with Gasteiger partial charge in [-0.25, -0.2) is 0 Å². The van der Waals surface area contributed by atoms with Gasteiger partial charge in [0, 0.05) is 40.2 Å². The van der Waals surface area contributed by atoms with Crippen molar-refractivity contribution in [3.8, 4) is 0 Å². The zero-order chi connectivity index (χ0) is 30.9. The van der Waals surface area contributed by atoms with Gasteiger partial charge in [-0.1, -0.05) is 114 Å².